The first kappa shape index (κ1) is 33.1. The number of urea groups is 1. The summed E-state index contributed by atoms with van der Waals surface area (Å²) in [7, 11) is 1.94. The summed E-state index contributed by atoms with van der Waals surface area (Å²) in [5, 5.41) is 19.8. The highest BCUT2D eigenvalue weighted by Gasteiger charge is 2.38. The second-order valence-electron chi connectivity index (χ2n) is 10.4. The number of carboxylic acids is 1. The van der Waals surface area contributed by atoms with Gasteiger partial charge in [-0.2, -0.15) is 18.2 Å². The molecule has 4 N–H and O–H groups in total. The molecule has 0 radical (unpaired) electrons. The number of halogens is 3. The van der Waals surface area contributed by atoms with E-state index in [0.29, 0.717) is 23.2 Å². The number of nitrogens with zero attached hydrogens (tertiary/aromatic N) is 5. The zero-order chi connectivity index (χ0) is 31.6. The average molecular weight is 609 g/mol. The third-order valence-corrected chi connectivity index (χ3v) is 6.05. The maximum absolute atomic E-state index is 12.4. The number of nitrogens with one attached hydrogen (secondary N) is 3. The summed E-state index contributed by atoms with van der Waals surface area (Å²) in [6, 6.07) is 10.7. The van der Waals surface area contributed by atoms with Crippen molar-refractivity contribution in [2.45, 2.75) is 32.4 Å². The highest BCUT2D eigenvalue weighted by atomic mass is 19.4. The normalized spacial score (nSPS) is 13.8. The predicted octanol–water partition coefficient (Wildman–Crippen LogP) is 4.55. The molecule has 43 heavy (non-hydrogen) atoms. The number of hydrogen-bond donors (Lipinski definition) is 4. The molecule has 4 rings (SSSR count). The Morgan fingerprint density at radius 2 is 1.72 bits per heavy atom. The average Bonchev–Trinajstić information content (AvgIpc) is 3.43. The molecule has 0 atom stereocenters. The van der Waals surface area contributed by atoms with Crippen LogP contribution < -0.4 is 20.9 Å². The van der Waals surface area contributed by atoms with Gasteiger partial charge in [-0.25, -0.2) is 14.6 Å². The Morgan fingerprint density at radius 1 is 1.07 bits per heavy atom. The van der Waals surface area contributed by atoms with Gasteiger partial charge in [-0.1, -0.05) is 25.9 Å². The van der Waals surface area contributed by atoms with Crippen molar-refractivity contribution in [1.29, 1.82) is 0 Å². The first-order chi connectivity index (χ1) is 20.2. The predicted molar refractivity (Wildman–Crippen MR) is 154 cm³/mol. The minimum absolute atomic E-state index is 0.186. The lowest BCUT2D eigenvalue weighted by molar-refractivity contribution is -0.192. The maximum atomic E-state index is 12.4. The van der Waals surface area contributed by atoms with Crippen molar-refractivity contribution < 1.29 is 37.1 Å². The molecule has 3 aromatic rings. The molecule has 0 unspecified atom stereocenters. The summed E-state index contributed by atoms with van der Waals surface area (Å²) < 4.78 is 42.4. The molecule has 13 nitrogen and oxygen atoms in total. The van der Waals surface area contributed by atoms with Crippen molar-refractivity contribution in [3.05, 3.63) is 48.4 Å². The molecule has 1 saturated heterocycles. The molecule has 2 aromatic heterocycles. The molecule has 3 heterocycles. The molecule has 2 amide bonds. The van der Waals surface area contributed by atoms with Gasteiger partial charge in [-0.15, -0.1) is 0 Å². The largest absolute Gasteiger partial charge is 0.490 e. The molecule has 0 aliphatic carbocycles. The Bertz CT molecular complexity index is 1340. The van der Waals surface area contributed by atoms with Gasteiger partial charge in [0, 0.05) is 62.3 Å². The Labute approximate surface area is 246 Å². The number of aromatic nitrogens is 3. The standard InChI is InChI=1S/C25H34N8O3.C2HF3O2/c1-25(2,3)20-17-21(31-36-20)29-24(34)28-18-5-7-19(8-6-18)32(4)22-9-10-26-23(30-22)27-11-12-33-13-15-35-16-14-33;3-2(4,5)1(6)7/h5-10,17H,11-16H2,1-4H3,(H,26,27,30)(H2,28,29,31,34);(H,6,7). The van der Waals surface area contributed by atoms with Crippen LogP contribution in [0.25, 0.3) is 0 Å². The number of ether oxygens (including phenoxy) is 1. The quantitative estimate of drug-likeness (QED) is 0.284. The monoisotopic (exact) mass is 608 g/mol. The van der Waals surface area contributed by atoms with Gasteiger partial charge in [0.05, 0.1) is 13.2 Å². The number of hydrogen-bond acceptors (Lipinski definition) is 10. The lowest BCUT2D eigenvalue weighted by Crippen LogP contribution is -2.39. The van der Waals surface area contributed by atoms with E-state index < -0.39 is 18.2 Å². The number of anilines is 5. The fraction of sp³-hybridized carbons (Fsp3) is 0.444. The summed E-state index contributed by atoms with van der Waals surface area (Å²) >= 11 is 0. The van der Waals surface area contributed by atoms with Crippen LogP contribution in [0.2, 0.25) is 0 Å². The van der Waals surface area contributed by atoms with Gasteiger partial charge in [0.25, 0.3) is 0 Å². The SMILES string of the molecule is CN(c1ccc(NC(=O)Nc2cc(C(C)(C)C)on2)cc1)c1ccnc(NCCN2CCOCC2)n1.O=C(O)C(F)(F)F. The van der Waals surface area contributed by atoms with Crippen molar-refractivity contribution in [3.63, 3.8) is 0 Å². The molecule has 1 aliphatic heterocycles. The number of morpholine rings is 1. The highest BCUT2D eigenvalue weighted by molar-refractivity contribution is 5.99. The molecular weight excluding hydrogens is 573 g/mol. The van der Waals surface area contributed by atoms with E-state index in [1.165, 1.54) is 0 Å². The molecule has 1 aliphatic rings. The van der Waals surface area contributed by atoms with Crippen LogP contribution in [0.4, 0.5) is 46.9 Å². The van der Waals surface area contributed by atoms with Gasteiger partial charge in [0.1, 0.15) is 11.6 Å². The fourth-order valence-electron chi connectivity index (χ4n) is 3.64. The molecule has 234 valence electrons. The van der Waals surface area contributed by atoms with Gasteiger partial charge >= 0.3 is 18.2 Å². The summed E-state index contributed by atoms with van der Waals surface area (Å²) in [4.78, 5) is 34.5. The minimum Gasteiger partial charge on any atom is -0.475 e. The van der Waals surface area contributed by atoms with Gasteiger partial charge in [-0.3, -0.25) is 10.2 Å². The lowest BCUT2D eigenvalue weighted by Gasteiger charge is -2.26. The van der Waals surface area contributed by atoms with Crippen LogP contribution in [0.1, 0.15) is 26.5 Å². The number of alkyl halides is 3. The van der Waals surface area contributed by atoms with Crippen LogP contribution in [-0.4, -0.2) is 89.7 Å². The van der Waals surface area contributed by atoms with E-state index in [4.69, 9.17) is 19.2 Å². The molecule has 0 bridgehead atoms. The Kier molecular flexibility index (Phi) is 11.3. The molecule has 0 spiro atoms. The first-order valence-corrected chi connectivity index (χ1v) is 13.3. The zero-order valence-corrected chi connectivity index (χ0v) is 24.2. The van der Waals surface area contributed by atoms with Crippen LogP contribution in [-0.2, 0) is 14.9 Å². The van der Waals surface area contributed by atoms with E-state index in [1.807, 2.05) is 63.1 Å². The minimum atomic E-state index is -5.08. The van der Waals surface area contributed by atoms with Crippen LogP contribution in [0.15, 0.2) is 47.1 Å². The third kappa shape index (κ3) is 10.7. The first-order valence-electron chi connectivity index (χ1n) is 13.3. The van der Waals surface area contributed by atoms with Crippen molar-refractivity contribution >= 4 is 41.0 Å². The number of benzene rings is 1. The smallest absolute Gasteiger partial charge is 0.475 e. The summed E-state index contributed by atoms with van der Waals surface area (Å²) in [5.41, 5.74) is 1.39. The number of rotatable bonds is 8. The van der Waals surface area contributed by atoms with Crippen LogP contribution in [0.5, 0.6) is 0 Å². The number of amides is 2. The highest BCUT2D eigenvalue weighted by Crippen LogP contribution is 2.26. The molecule has 16 heteroatoms. The number of carbonyl (C=O) groups is 2. The summed E-state index contributed by atoms with van der Waals surface area (Å²) in [5.74, 6) is -0.340. The van der Waals surface area contributed by atoms with Gasteiger partial charge < -0.3 is 29.9 Å². The lowest BCUT2D eigenvalue weighted by atomic mass is 9.93. The van der Waals surface area contributed by atoms with Gasteiger partial charge in [-0.05, 0) is 30.3 Å². The van der Waals surface area contributed by atoms with E-state index in [-0.39, 0.29) is 5.41 Å². The van der Waals surface area contributed by atoms with Crippen LogP contribution >= 0.6 is 0 Å². The molecular formula is C27H35F3N8O5. The number of carbonyl (C=O) groups excluding carboxylic acids is 1. The Hall–Kier alpha value is -4.44. The van der Waals surface area contributed by atoms with Crippen molar-refractivity contribution in [3.8, 4) is 0 Å². The second-order valence-corrected chi connectivity index (χ2v) is 10.4. The van der Waals surface area contributed by atoms with Crippen molar-refractivity contribution in [2.24, 2.45) is 0 Å². The Balaban J connectivity index is 0.000000646. The maximum Gasteiger partial charge on any atom is 0.490 e. The summed E-state index contributed by atoms with van der Waals surface area (Å²) in [6.07, 6.45) is -3.34. The third-order valence-electron chi connectivity index (χ3n) is 6.05. The van der Waals surface area contributed by atoms with E-state index in [0.717, 1.165) is 50.9 Å². The fourth-order valence-corrected chi connectivity index (χ4v) is 3.64. The topological polar surface area (TPSA) is 158 Å². The van der Waals surface area contributed by atoms with E-state index in [1.54, 1.807) is 12.3 Å². The van der Waals surface area contributed by atoms with E-state index in [2.05, 4.69) is 36.0 Å². The van der Waals surface area contributed by atoms with Crippen molar-refractivity contribution in [1.82, 2.24) is 20.0 Å². The number of aliphatic carboxylic acids is 1. The number of carboxylic acid groups (broad SMARTS) is 1. The van der Waals surface area contributed by atoms with Gasteiger partial charge in [0.2, 0.25) is 5.95 Å². The van der Waals surface area contributed by atoms with Crippen molar-refractivity contribution in [2.75, 3.05) is 67.3 Å². The van der Waals surface area contributed by atoms with Crippen LogP contribution in [0, 0.1) is 0 Å². The Morgan fingerprint density at radius 3 is 2.30 bits per heavy atom. The molecule has 1 fully saturated rings. The summed E-state index contributed by atoms with van der Waals surface area (Å²) in [6.45, 7) is 11.2. The molecule has 1 aromatic carbocycles. The van der Waals surface area contributed by atoms with Gasteiger partial charge in [0.15, 0.2) is 5.82 Å². The second kappa shape index (κ2) is 14.6. The zero-order valence-electron chi connectivity index (χ0n) is 24.2. The van der Waals surface area contributed by atoms with Crippen LogP contribution in [0.3, 0.4) is 0 Å². The van der Waals surface area contributed by atoms with E-state index >= 15 is 0 Å². The molecule has 0 saturated carbocycles. The van der Waals surface area contributed by atoms with E-state index in [9.17, 15) is 18.0 Å².